The van der Waals surface area contributed by atoms with Gasteiger partial charge in [-0.25, -0.2) is 23.1 Å². The molecule has 33 heavy (non-hydrogen) atoms. The van der Waals surface area contributed by atoms with Gasteiger partial charge in [0.05, 0.1) is 10.6 Å². The number of rotatable bonds is 5. The number of aromatic nitrogens is 4. The molecule has 0 spiro atoms. The van der Waals surface area contributed by atoms with Crippen LogP contribution in [0.15, 0.2) is 47.6 Å². The zero-order chi connectivity index (χ0) is 23.8. The van der Waals surface area contributed by atoms with Crippen LogP contribution in [0.5, 0.6) is 5.75 Å². The first-order valence-electron chi connectivity index (χ1n) is 9.99. The van der Waals surface area contributed by atoms with Gasteiger partial charge in [0.2, 0.25) is 10.0 Å². The van der Waals surface area contributed by atoms with Gasteiger partial charge >= 0.3 is 6.36 Å². The fraction of sp³-hybridized carbons (Fsp3) is 0.350. The molecule has 0 bridgehead atoms. The Balaban J connectivity index is 1.44. The second kappa shape index (κ2) is 8.63. The van der Waals surface area contributed by atoms with E-state index in [0.29, 0.717) is 24.7 Å². The number of piperazine rings is 1. The Morgan fingerprint density at radius 3 is 2.15 bits per heavy atom. The lowest BCUT2D eigenvalue weighted by Crippen LogP contribution is -2.49. The molecule has 3 aromatic rings. The molecule has 4 rings (SSSR count). The van der Waals surface area contributed by atoms with Crippen molar-refractivity contribution < 1.29 is 26.3 Å². The summed E-state index contributed by atoms with van der Waals surface area (Å²) in [4.78, 5) is 10.4. The van der Waals surface area contributed by atoms with Crippen LogP contribution in [0, 0.1) is 13.8 Å². The topological polar surface area (TPSA) is 93.5 Å². The number of sulfonamides is 1. The van der Waals surface area contributed by atoms with Crippen molar-refractivity contribution in [3.63, 3.8) is 0 Å². The number of nitrogens with zero attached hydrogens (tertiary/aromatic N) is 6. The first-order chi connectivity index (χ1) is 15.5. The van der Waals surface area contributed by atoms with Crippen LogP contribution in [0.1, 0.15) is 11.4 Å². The highest BCUT2D eigenvalue weighted by molar-refractivity contribution is 7.89. The molecule has 0 radical (unpaired) electrons. The highest BCUT2D eigenvalue weighted by Gasteiger charge is 2.32. The maximum Gasteiger partial charge on any atom is 0.573 e. The van der Waals surface area contributed by atoms with E-state index in [2.05, 4.69) is 19.8 Å². The predicted molar refractivity (Wildman–Crippen MR) is 113 cm³/mol. The average molecular weight is 482 g/mol. The molecule has 3 heterocycles. The van der Waals surface area contributed by atoms with Crippen molar-refractivity contribution in [2.75, 3.05) is 31.1 Å². The summed E-state index contributed by atoms with van der Waals surface area (Å²) in [7, 11) is -3.86. The lowest BCUT2D eigenvalue weighted by molar-refractivity contribution is -0.274. The van der Waals surface area contributed by atoms with Gasteiger partial charge in [-0.15, -0.1) is 13.2 Å². The molecule has 13 heteroatoms. The average Bonchev–Trinajstić information content (AvgIpc) is 3.11. The fourth-order valence-electron chi connectivity index (χ4n) is 3.61. The van der Waals surface area contributed by atoms with Gasteiger partial charge in [0.25, 0.3) is 0 Å². The summed E-state index contributed by atoms with van der Waals surface area (Å²) < 4.78 is 69.6. The van der Waals surface area contributed by atoms with Crippen molar-refractivity contribution >= 4 is 15.8 Å². The molecular formula is C20H21F3N6O3S. The number of anilines is 1. The van der Waals surface area contributed by atoms with Gasteiger partial charge in [-0.2, -0.15) is 9.40 Å². The van der Waals surface area contributed by atoms with E-state index in [4.69, 9.17) is 0 Å². The Bertz CT molecular complexity index is 1240. The summed E-state index contributed by atoms with van der Waals surface area (Å²) in [6, 6.07) is 7.91. The molecule has 0 atom stereocenters. The molecule has 9 nitrogen and oxygen atoms in total. The fourth-order valence-corrected chi connectivity index (χ4v) is 5.03. The van der Waals surface area contributed by atoms with Gasteiger partial charge in [0.1, 0.15) is 17.9 Å². The third-order valence-corrected chi connectivity index (χ3v) is 7.04. The Morgan fingerprint density at radius 2 is 1.58 bits per heavy atom. The summed E-state index contributed by atoms with van der Waals surface area (Å²) in [6.07, 6.45) is -3.40. The summed E-state index contributed by atoms with van der Waals surface area (Å²) in [5, 5.41) is 4.42. The Labute approximate surface area is 188 Å². The van der Waals surface area contributed by atoms with E-state index >= 15 is 0 Å². The van der Waals surface area contributed by atoms with Gasteiger partial charge < -0.3 is 9.64 Å². The van der Waals surface area contributed by atoms with Crippen molar-refractivity contribution in [3.8, 4) is 11.6 Å². The van der Waals surface area contributed by atoms with Gasteiger partial charge in [-0.1, -0.05) is 0 Å². The van der Waals surface area contributed by atoms with Crippen molar-refractivity contribution in [2.24, 2.45) is 0 Å². The minimum atomic E-state index is -4.84. The summed E-state index contributed by atoms with van der Waals surface area (Å²) in [5.74, 6) is 0.786. The van der Waals surface area contributed by atoms with Gasteiger partial charge in [-0.05, 0) is 44.2 Å². The predicted octanol–water partition coefficient (Wildman–Crippen LogP) is 2.69. The first kappa shape index (κ1) is 23.0. The second-order valence-corrected chi connectivity index (χ2v) is 9.42. The zero-order valence-corrected chi connectivity index (χ0v) is 18.6. The van der Waals surface area contributed by atoms with Crippen LogP contribution in [0.4, 0.5) is 19.0 Å². The number of alkyl halides is 3. The molecule has 1 aliphatic heterocycles. The molecule has 0 amide bonds. The monoisotopic (exact) mass is 482 g/mol. The van der Waals surface area contributed by atoms with E-state index in [0.717, 1.165) is 35.7 Å². The third-order valence-electron chi connectivity index (χ3n) is 5.12. The van der Waals surface area contributed by atoms with E-state index in [9.17, 15) is 21.6 Å². The van der Waals surface area contributed by atoms with Crippen LogP contribution < -0.4 is 9.64 Å². The summed E-state index contributed by atoms with van der Waals surface area (Å²) in [6.45, 7) is 4.99. The van der Waals surface area contributed by atoms with Crippen LogP contribution in [0.3, 0.4) is 0 Å². The lowest BCUT2D eigenvalue weighted by atomic mass is 10.3. The molecule has 0 unspecified atom stereocenters. The molecule has 176 valence electrons. The van der Waals surface area contributed by atoms with E-state index in [-0.39, 0.29) is 18.0 Å². The minimum Gasteiger partial charge on any atom is -0.406 e. The Hall–Kier alpha value is -3.19. The molecule has 1 saturated heterocycles. The molecule has 0 saturated carbocycles. The largest absolute Gasteiger partial charge is 0.573 e. The van der Waals surface area contributed by atoms with E-state index in [1.807, 2.05) is 24.8 Å². The van der Waals surface area contributed by atoms with Crippen LogP contribution in [0.25, 0.3) is 5.82 Å². The summed E-state index contributed by atoms with van der Waals surface area (Å²) in [5.41, 5.74) is 1.80. The Morgan fingerprint density at radius 1 is 0.939 bits per heavy atom. The molecular weight excluding hydrogens is 461 g/mol. The van der Waals surface area contributed by atoms with E-state index in [1.54, 1.807) is 10.7 Å². The number of halogens is 3. The molecule has 0 N–H and O–H groups in total. The first-order valence-corrected chi connectivity index (χ1v) is 11.4. The number of hydrogen-bond acceptors (Lipinski definition) is 7. The molecule has 1 aliphatic rings. The SMILES string of the molecule is Cc1cc(C)n(-c2cc(N3CCN(S(=O)(=O)c4ccc(OC(F)(F)F)cc4)CC3)ncn2)n1. The summed E-state index contributed by atoms with van der Waals surface area (Å²) >= 11 is 0. The highest BCUT2D eigenvalue weighted by atomic mass is 32.2. The number of benzene rings is 1. The molecule has 1 fully saturated rings. The normalized spacial score (nSPS) is 15.6. The van der Waals surface area contributed by atoms with Crippen molar-refractivity contribution in [1.82, 2.24) is 24.1 Å². The maximum atomic E-state index is 12.9. The minimum absolute atomic E-state index is 0.0978. The third kappa shape index (κ3) is 5.09. The van der Waals surface area contributed by atoms with Gasteiger partial charge in [0, 0.05) is 37.9 Å². The van der Waals surface area contributed by atoms with Gasteiger partial charge in [0.15, 0.2) is 5.82 Å². The van der Waals surface area contributed by atoms with Crippen LogP contribution in [-0.4, -0.2) is 65.0 Å². The van der Waals surface area contributed by atoms with E-state index in [1.165, 1.54) is 10.6 Å². The van der Waals surface area contributed by atoms with Crippen LogP contribution in [0.2, 0.25) is 0 Å². The highest BCUT2D eigenvalue weighted by Crippen LogP contribution is 2.26. The maximum absolute atomic E-state index is 12.9. The van der Waals surface area contributed by atoms with Crippen molar-refractivity contribution in [1.29, 1.82) is 0 Å². The lowest BCUT2D eigenvalue weighted by Gasteiger charge is -2.34. The van der Waals surface area contributed by atoms with E-state index < -0.39 is 22.1 Å². The van der Waals surface area contributed by atoms with Crippen molar-refractivity contribution in [2.45, 2.75) is 25.1 Å². The standard InChI is InChI=1S/C20H21F3N6O3S/c1-14-11-15(2)29(26-14)19-12-18(24-13-25-19)27-7-9-28(10-8-27)33(30,31)17-5-3-16(4-6-17)32-20(21,22)23/h3-6,11-13H,7-10H2,1-2H3. The van der Waals surface area contributed by atoms with Crippen LogP contribution in [-0.2, 0) is 10.0 Å². The number of hydrogen-bond donors (Lipinski definition) is 0. The van der Waals surface area contributed by atoms with Crippen molar-refractivity contribution in [3.05, 3.63) is 54.1 Å². The molecule has 1 aromatic carbocycles. The zero-order valence-electron chi connectivity index (χ0n) is 17.8. The molecule has 0 aliphatic carbocycles. The number of ether oxygens (including phenoxy) is 1. The van der Waals surface area contributed by atoms with Crippen LogP contribution >= 0.6 is 0 Å². The quantitative estimate of drug-likeness (QED) is 0.552. The van der Waals surface area contributed by atoms with Gasteiger partial charge in [-0.3, -0.25) is 0 Å². The second-order valence-electron chi connectivity index (χ2n) is 7.48. The Kier molecular flexibility index (Phi) is 6.01. The number of aryl methyl sites for hydroxylation is 2. The molecule has 2 aromatic heterocycles. The smallest absolute Gasteiger partial charge is 0.406 e.